The first-order chi connectivity index (χ1) is 32.0. The number of aliphatic hydroxyl groups excluding tert-OH is 18. The highest BCUT2D eigenvalue weighted by molar-refractivity contribution is 5.73. The number of hydrogen-bond donors (Lipinski definition) is 19. The van der Waals surface area contributed by atoms with Crippen molar-refractivity contribution in [3.05, 3.63) is 0 Å². The molecule has 0 aromatic heterocycles. The highest BCUT2D eigenvalue weighted by Crippen LogP contribution is 2.37. The Morgan fingerprint density at radius 3 is 1.32 bits per heavy atom. The molecule has 5 fully saturated rings. The number of nitrogens with one attached hydrogen (secondary N) is 1. The second kappa shape index (κ2) is 24.9. The Morgan fingerprint density at radius 2 is 0.838 bits per heavy atom. The van der Waals surface area contributed by atoms with E-state index in [9.17, 15) is 96.7 Å². The summed E-state index contributed by atoms with van der Waals surface area (Å²) in [7, 11) is 0. The van der Waals surface area contributed by atoms with Crippen LogP contribution in [0, 0.1) is 0 Å². The predicted octanol–water partition coefficient (Wildman–Crippen LogP) is -12.3. The fourth-order valence-electron chi connectivity index (χ4n) is 8.39. The molecule has 0 radical (unpaired) electrons. The van der Waals surface area contributed by atoms with Crippen molar-refractivity contribution in [2.75, 3.05) is 33.0 Å². The number of hydrogen-bond acceptors (Lipinski definition) is 29. The number of ether oxygens (including phenoxy) is 10. The Bertz CT molecular complexity index is 1540. The van der Waals surface area contributed by atoms with Crippen molar-refractivity contribution >= 4 is 5.91 Å². The largest absolute Gasteiger partial charge is 0.394 e. The van der Waals surface area contributed by atoms with Crippen molar-refractivity contribution in [2.45, 2.75) is 199 Å². The van der Waals surface area contributed by atoms with E-state index in [1.165, 1.54) is 13.8 Å². The molecule has 5 aliphatic rings. The maximum atomic E-state index is 12.9. The summed E-state index contributed by atoms with van der Waals surface area (Å²) in [6.45, 7) is -1.80. The lowest BCUT2D eigenvalue weighted by Crippen LogP contribution is -2.71. The van der Waals surface area contributed by atoms with Crippen molar-refractivity contribution < 1.29 is 144 Å². The van der Waals surface area contributed by atoms with Gasteiger partial charge in [-0.2, -0.15) is 0 Å². The van der Waals surface area contributed by atoms with Crippen LogP contribution in [-0.4, -0.2) is 309 Å². The van der Waals surface area contributed by atoms with Gasteiger partial charge in [0.2, 0.25) is 5.91 Å². The first-order valence-corrected chi connectivity index (χ1v) is 21.8. The highest BCUT2D eigenvalue weighted by Gasteiger charge is 2.58. The quantitative estimate of drug-likeness (QED) is 0.0571. The van der Waals surface area contributed by atoms with Crippen LogP contribution in [0.1, 0.15) is 20.8 Å². The van der Waals surface area contributed by atoms with Gasteiger partial charge in [-0.05, 0) is 13.8 Å². The average molecular weight is 1000 g/mol. The molecule has 0 saturated carbocycles. The molecule has 0 aromatic rings. The van der Waals surface area contributed by atoms with Crippen LogP contribution in [0.25, 0.3) is 0 Å². The van der Waals surface area contributed by atoms with Gasteiger partial charge in [0.05, 0.1) is 45.2 Å². The molecule has 0 aliphatic carbocycles. The van der Waals surface area contributed by atoms with Crippen LogP contribution in [0.4, 0.5) is 0 Å². The van der Waals surface area contributed by atoms with Gasteiger partial charge in [-0.15, -0.1) is 0 Å². The molecular weight excluding hydrogens is 934 g/mol. The molecular formula is C38H67NO29. The van der Waals surface area contributed by atoms with Gasteiger partial charge < -0.3 is 145 Å². The van der Waals surface area contributed by atoms with Gasteiger partial charge in [-0.25, -0.2) is 0 Å². The van der Waals surface area contributed by atoms with Crippen LogP contribution < -0.4 is 5.32 Å². The molecule has 5 aliphatic heterocycles. The summed E-state index contributed by atoms with van der Waals surface area (Å²) in [4.78, 5) is 12.9. The van der Waals surface area contributed by atoms with E-state index in [0.717, 1.165) is 6.92 Å². The molecule has 1 amide bonds. The third-order valence-electron chi connectivity index (χ3n) is 12.4. The predicted molar refractivity (Wildman–Crippen MR) is 210 cm³/mol. The van der Waals surface area contributed by atoms with Crippen LogP contribution in [0.5, 0.6) is 0 Å². The third-order valence-corrected chi connectivity index (χ3v) is 12.4. The second-order valence-electron chi connectivity index (χ2n) is 17.2. The lowest BCUT2D eigenvalue weighted by Gasteiger charge is -2.51. The highest BCUT2D eigenvalue weighted by atomic mass is 16.8. The summed E-state index contributed by atoms with van der Waals surface area (Å²) in [6, 6.07) is -1.82. The minimum absolute atomic E-state index is 0.885. The van der Waals surface area contributed by atoms with Crippen molar-refractivity contribution in [2.24, 2.45) is 0 Å². The summed E-state index contributed by atoms with van der Waals surface area (Å²) in [5.41, 5.74) is 0. The zero-order chi connectivity index (χ0) is 50.6. The van der Waals surface area contributed by atoms with Crippen molar-refractivity contribution in [1.82, 2.24) is 5.32 Å². The molecule has 0 unspecified atom stereocenters. The summed E-state index contributed by atoms with van der Waals surface area (Å²) < 4.78 is 57.8. The maximum Gasteiger partial charge on any atom is 0.217 e. The summed E-state index contributed by atoms with van der Waals surface area (Å²) in [5, 5.41) is 193. The Morgan fingerprint density at radius 1 is 0.456 bits per heavy atom. The van der Waals surface area contributed by atoms with E-state index in [2.05, 4.69) is 5.32 Å². The number of rotatable bonds is 19. The van der Waals surface area contributed by atoms with E-state index in [1.54, 1.807) is 0 Å². The number of carbonyl (C=O) groups excluding carboxylic acids is 1. The minimum atomic E-state index is -2.31. The topological polar surface area (TPSA) is 486 Å². The molecule has 5 heterocycles. The molecule has 0 aromatic carbocycles. The van der Waals surface area contributed by atoms with Gasteiger partial charge >= 0.3 is 0 Å². The number of aliphatic hydroxyl groups is 18. The Balaban J connectivity index is 1.51. The molecule has 5 saturated heterocycles. The van der Waals surface area contributed by atoms with E-state index >= 15 is 0 Å². The van der Waals surface area contributed by atoms with Gasteiger partial charge in [0.25, 0.3) is 0 Å². The van der Waals surface area contributed by atoms with E-state index in [-0.39, 0.29) is 0 Å². The fraction of sp³-hybridized carbons (Fsp3) is 0.974. The Hall–Kier alpha value is -1.65. The van der Waals surface area contributed by atoms with Crippen LogP contribution in [0.15, 0.2) is 0 Å². The first kappa shape index (κ1) is 57.3. The summed E-state index contributed by atoms with van der Waals surface area (Å²) in [6.07, 6.45) is -53.2. The zero-order valence-corrected chi connectivity index (χ0v) is 36.8. The van der Waals surface area contributed by atoms with E-state index in [1.807, 2.05) is 0 Å². The van der Waals surface area contributed by atoms with Crippen LogP contribution in [0.2, 0.25) is 0 Å². The van der Waals surface area contributed by atoms with E-state index in [0.29, 0.717) is 0 Å². The summed E-state index contributed by atoms with van der Waals surface area (Å²) >= 11 is 0. The fourth-order valence-corrected chi connectivity index (χ4v) is 8.39. The number of amides is 1. The molecule has 5 rings (SSSR count). The molecule has 398 valence electrons. The van der Waals surface area contributed by atoms with Crippen LogP contribution in [-0.2, 0) is 52.2 Å². The third kappa shape index (κ3) is 12.4. The maximum absolute atomic E-state index is 12.9. The Kier molecular flexibility index (Phi) is 20.9. The van der Waals surface area contributed by atoms with Gasteiger partial charge in [-0.3, -0.25) is 4.79 Å². The van der Waals surface area contributed by atoms with Crippen molar-refractivity contribution in [3.8, 4) is 0 Å². The lowest BCUT2D eigenvalue weighted by molar-refractivity contribution is -0.389. The minimum Gasteiger partial charge on any atom is -0.394 e. The monoisotopic (exact) mass is 1000 g/mol. The van der Waals surface area contributed by atoms with E-state index < -0.39 is 217 Å². The molecule has 0 bridgehead atoms. The van der Waals surface area contributed by atoms with Gasteiger partial charge in [0, 0.05) is 6.92 Å². The number of carbonyl (C=O) groups is 1. The second-order valence-corrected chi connectivity index (χ2v) is 17.2. The molecule has 29 atom stereocenters. The zero-order valence-electron chi connectivity index (χ0n) is 36.8. The average Bonchev–Trinajstić information content (AvgIpc) is 3.31. The van der Waals surface area contributed by atoms with Crippen LogP contribution in [0.3, 0.4) is 0 Å². The summed E-state index contributed by atoms with van der Waals surface area (Å²) in [5.74, 6) is -0.885. The molecule has 30 nitrogen and oxygen atoms in total. The van der Waals surface area contributed by atoms with Gasteiger partial charge in [-0.1, -0.05) is 0 Å². The molecule has 30 heteroatoms. The SMILES string of the molecule is CC(=O)N[C@H]1[C@H](O[C@H]2[C@@H](O)[C@@H](CO)O[C@@H](O[C@@H]([C@H](O[C@@H]3O[C@@H](C)[C@@H](O)[C@@H](O)[C@@H]3O)[C@@H](O)CO)[C@H](O)CO)[C@@H]2O)O[C@H](CO)[C@@H](O[C@@H]2O[C@H](CO)[C@H](O)[C@H](O)[C@H]2O)[C@@H]1O[C@@H]1O[C@@H](C)[C@@H](O)[C@@H](O)[C@@H]1O. The molecule has 0 spiro atoms. The smallest absolute Gasteiger partial charge is 0.217 e. The van der Waals surface area contributed by atoms with Crippen LogP contribution >= 0.6 is 0 Å². The lowest BCUT2D eigenvalue weighted by atomic mass is 9.93. The molecule has 19 N–H and O–H groups in total. The van der Waals surface area contributed by atoms with Crippen molar-refractivity contribution in [1.29, 1.82) is 0 Å². The van der Waals surface area contributed by atoms with Gasteiger partial charge in [0.1, 0.15) is 134 Å². The van der Waals surface area contributed by atoms with E-state index in [4.69, 9.17) is 47.4 Å². The molecule has 68 heavy (non-hydrogen) atoms. The normalized spacial score (nSPS) is 47.8. The Labute approximate surface area is 386 Å². The van der Waals surface area contributed by atoms with Crippen molar-refractivity contribution in [3.63, 3.8) is 0 Å². The van der Waals surface area contributed by atoms with Gasteiger partial charge in [0.15, 0.2) is 31.5 Å². The standard InChI is InChI=1S/C38H67NO29/c1-9-18(48)22(52)25(55)35(59-9)64-29(12(46)4-40)30(13(47)5-41)65-38-28(58)33(21(51)15(7-43)62-38)68-34-17(39-11(3)45)32(67-36-26(56)23(53)19(49)10(2)60-36)31(16(8-44)63-34)66-37-27(57)24(54)20(50)14(6-42)61-37/h9-10,12-38,40-44,46-58H,4-8H2,1-3H3,(H,39,45)/t9-,10-,12-,13+,14+,15+,16+,17+,18+,19+,20-,21-,22+,23+,24-,25-,26-,27+,28+,29+,30+,31+,32+,33-,34-,35-,36-,37-,38-/m0/s1. The first-order valence-electron chi connectivity index (χ1n) is 21.8.